The van der Waals surface area contributed by atoms with Gasteiger partial charge in [0.05, 0.1) is 6.61 Å². The molecule has 14 heavy (non-hydrogen) atoms. The second-order valence-electron chi connectivity index (χ2n) is 3.96. The van der Waals surface area contributed by atoms with Crippen molar-refractivity contribution in [1.29, 1.82) is 0 Å². The highest BCUT2D eigenvalue weighted by atomic mass is 16.3. The normalized spacial score (nSPS) is 16.7. The average molecular weight is 191 g/mol. The van der Waals surface area contributed by atoms with Gasteiger partial charge in [-0.25, -0.2) is 0 Å². The zero-order valence-corrected chi connectivity index (χ0v) is 8.66. The number of benzene rings is 1. The molecule has 0 atom stereocenters. The van der Waals surface area contributed by atoms with E-state index >= 15 is 0 Å². The number of rotatable bonds is 2. The van der Waals surface area contributed by atoms with Crippen LogP contribution in [0, 0.1) is 6.92 Å². The molecule has 1 N–H and O–H groups in total. The Hall–Kier alpha value is -0.860. The van der Waals surface area contributed by atoms with Crippen molar-refractivity contribution in [1.82, 2.24) is 4.90 Å². The summed E-state index contributed by atoms with van der Waals surface area (Å²) in [7, 11) is 0. The van der Waals surface area contributed by atoms with Crippen LogP contribution in [0.2, 0.25) is 0 Å². The monoisotopic (exact) mass is 191 g/mol. The first kappa shape index (κ1) is 9.69. The quantitative estimate of drug-likeness (QED) is 0.762. The van der Waals surface area contributed by atoms with Crippen molar-refractivity contribution in [2.75, 3.05) is 19.7 Å². The zero-order chi connectivity index (χ0) is 9.97. The summed E-state index contributed by atoms with van der Waals surface area (Å²) in [5.74, 6) is 0. The fourth-order valence-electron chi connectivity index (χ4n) is 2.19. The number of β-amino-alcohol motifs (C(OH)–C–C–N with tert-alkyl or cyclic N) is 1. The van der Waals surface area contributed by atoms with Gasteiger partial charge in [0, 0.05) is 19.6 Å². The molecule has 0 spiro atoms. The molecule has 0 saturated carbocycles. The van der Waals surface area contributed by atoms with E-state index in [2.05, 4.69) is 30.0 Å². The molecule has 1 aromatic rings. The Morgan fingerprint density at radius 1 is 1.43 bits per heavy atom. The Morgan fingerprint density at radius 2 is 2.29 bits per heavy atom. The maximum Gasteiger partial charge on any atom is 0.0558 e. The zero-order valence-electron chi connectivity index (χ0n) is 8.66. The van der Waals surface area contributed by atoms with Crippen molar-refractivity contribution in [2.45, 2.75) is 19.9 Å². The summed E-state index contributed by atoms with van der Waals surface area (Å²) in [6, 6.07) is 6.50. The predicted molar refractivity (Wildman–Crippen MR) is 57.2 cm³/mol. The number of nitrogens with zero attached hydrogens (tertiary/aromatic N) is 1. The summed E-state index contributed by atoms with van der Waals surface area (Å²) < 4.78 is 0. The first-order valence-corrected chi connectivity index (χ1v) is 5.22. The smallest absolute Gasteiger partial charge is 0.0558 e. The maximum atomic E-state index is 8.88. The van der Waals surface area contributed by atoms with E-state index in [0.29, 0.717) is 0 Å². The topological polar surface area (TPSA) is 23.5 Å². The summed E-state index contributed by atoms with van der Waals surface area (Å²) in [6.45, 7) is 5.32. The van der Waals surface area contributed by atoms with Crippen LogP contribution in [0.25, 0.3) is 0 Å². The van der Waals surface area contributed by atoms with Crippen LogP contribution in [0.4, 0.5) is 0 Å². The molecule has 0 unspecified atom stereocenters. The molecule has 0 radical (unpaired) electrons. The van der Waals surface area contributed by atoms with Crippen LogP contribution in [0.1, 0.15) is 16.7 Å². The molecule has 0 aliphatic carbocycles. The van der Waals surface area contributed by atoms with E-state index in [0.717, 1.165) is 26.1 Å². The van der Waals surface area contributed by atoms with Gasteiger partial charge in [-0.2, -0.15) is 0 Å². The fourth-order valence-corrected chi connectivity index (χ4v) is 2.19. The van der Waals surface area contributed by atoms with Gasteiger partial charge in [-0.1, -0.05) is 18.2 Å². The van der Waals surface area contributed by atoms with Crippen molar-refractivity contribution < 1.29 is 5.11 Å². The maximum absolute atomic E-state index is 8.88. The number of aliphatic hydroxyl groups is 1. The molecule has 0 fully saturated rings. The van der Waals surface area contributed by atoms with E-state index in [-0.39, 0.29) is 6.61 Å². The van der Waals surface area contributed by atoms with Gasteiger partial charge in [0.15, 0.2) is 0 Å². The standard InChI is InChI=1S/C12H17NO/c1-10-3-2-4-11-9-13(7-8-14)6-5-12(10)11/h2-4,14H,5-9H2,1H3. The van der Waals surface area contributed by atoms with Crippen molar-refractivity contribution >= 4 is 0 Å². The lowest BCUT2D eigenvalue weighted by atomic mass is 9.95. The summed E-state index contributed by atoms with van der Waals surface area (Å²) in [4.78, 5) is 2.31. The molecular formula is C12H17NO. The predicted octanol–water partition coefficient (Wildman–Crippen LogP) is 1.35. The Kier molecular flexibility index (Phi) is 2.85. The van der Waals surface area contributed by atoms with Crippen molar-refractivity contribution in [3.8, 4) is 0 Å². The van der Waals surface area contributed by atoms with Crippen molar-refractivity contribution in [3.05, 3.63) is 34.9 Å². The number of hydrogen-bond acceptors (Lipinski definition) is 2. The molecule has 2 rings (SSSR count). The van der Waals surface area contributed by atoms with Crippen LogP contribution >= 0.6 is 0 Å². The summed E-state index contributed by atoms with van der Waals surface area (Å²) in [5, 5.41) is 8.88. The van der Waals surface area contributed by atoms with Gasteiger partial charge in [-0.15, -0.1) is 0 Å². The molecule has 1 aliphatic heterocycles. The molecule has 2 nitrogen and oxygen atoms in total. The Bertz CT molecular complexity index is 322. The van der Waals surface area contributed by atoms with Crippen LogP contribution in [-0.4, -0.2) is 29.7 Å². The number of hydrogen-bond donors (Lipinski definition) is 1. The third-order valence-corrected chi connectivity index (χ3v) is 3.00. The first-order chi connectivity index (χ1) is 6.81. The van der Waals surface area contributed by atoms with Crippen LogP contribution in [0.5, 0.6) is 0 Å². The SMILES string of the molecule is Cc1cccc2c1CCN(CCO)C2. The minimum Gasteiger partial charge on any atom is -0.395 e. The van der Waals surface area contributed by atoms with Gasteiger partial charge >= 0.3 is 0 Å². The van der Waals surface area contributed by atoms with Crippen molar-refractivity contribution in [3.63, 3.8) is 0 Å². The van der Waals surface area contributed by atoms with Crippen LogP contribution in [0.15, 0.2) is 18.2 Å². The van der Waals surface area contributed by atoms with E-state index in [1.807, 2.05) is 0 Å². The summed E-state index contributed by atoms with van der Waals surface area (Å²) in [6.07, 6.45) is 1.13. The van der Waals surface area contributed by atoms with E-state index in [1.165, 1.54) is 16.7 Å². The second kappa shape index (κ2) is 4.11. The van der Waals surface area contributed by atoms with E-state index in [9.17, 15) is 0 Å². The molecule has 1 aromatic carbocycles. The Morgan fingerprint density at radius 3 is 3.07 bits per heavy atom. The van der Waals surface area contributed by atoms with Gasteiger partial charge in [0.2, 0.25) is 0 Å². The van der Waals surface area contributed by atoms with Crippen LogP contribution < -0.4 is 0 Å². The average Bonchev–Trinajstić information content (AvgIpc) is 2.18. The largest absolute Gasteiger partial charge is 0.395 e. The molecule has 2 heteroatoms. The lowest BCUT2D eigenvalue weighted by Crippen LogP contribution is -2.33. The van der Waals surface area contributed by atoms with Gasteiger partial charge in [0.25, 0.3) is 0 Å². The third-order valence-electron chi connectivity index (χ3n) is 3.00. The minimum absolute atomic E-state index is 0.265. The minimum atomic E-state index is 0.265. The molecule has 0 aromatic heterocycles. The van der Waals surface area contributed by atoms with E-state index in [4.69, 9.17) is 5.11 Å². The molecule has 76 valence electrons. The lowest BCUT2D eigenvalue weighted by Gasteiger charge is -2.28. The molecule has 1 heterocycles. The highest BCUT2D eigenvalue weighted by Gasteiger charge is 2.16. The number of aliphatic hydroxyl groups excluding tert-OH is 1. The van der Waals surface area contributed by atoms with Crippen molar-refractivity contribution in [2.24, 2.45) is 0 Å². The highest BCUT2D eigenvalue weighted by Crippen LogP contribution is 2.21. The summed E-state index contributed by atoms with van der Waals surface area (Å²) in [5.41, 5.74) is 4.36. The number of aryl methyl sites for hydroxylation is 1. The van der Waals surface area contributed by atoms with Gasteiger partial charge in [0.1, 0.15) is 0 Å². The van der Waals surface area contributed by atoms with Crippen LogP contribution in [-0.2, 0) is 13.0 Å². The first-order valence-electron chi connectivity index (χ1n) is 5.22. The second-order valence-corrected chi connectivity index (χ2v) is 3.96. The number of fused-ring (bicyclic) bond motifs is 1. The van der Waals surface area contributed by atoms with Gasteiger partial charge in [-0.3, -0.25) is 4.90 Å². The van der Waals surface area contributed by atoms with Gasteiger partial charge in [-0.05, 0) is 30.0 Å². The molecule has 0 amide bonds. The summed E-state index contributed by atoms with van der Waals surface area (Å²) >= 11 is 0. The molecule has 1 aliphatic rings. The van der Waals surface area contributed by atoms with Gasteiger partial charge < -0.3 is 5.11 Å². The van der Waals surface area contributed by atoms with E-state index in [1.54, 1.807) is 0 Å². The molecular weight excluding hydrogens is 174 g/mol. The Balaban J connectivity index is 2.18. The molecule has 0 bridgehead atoms. The third kappa shape index (κ3) is 1.81. The van der Waals surface area contributed by atoms with Crippen LogP contribution in [0.3, 0.4) is 0 Å². The Labute approximate surface area is 85.2 Å². The highest BCUT2D eigenvalue weighted by molar-refractivity contribution is 5.36. The molecule has 0 saturated heterocycles. The lowest BCUT2D eigenvalue weighted by molar-refractivity contribution is 0.184. The van der Waals surface area contributed by atoms with E-state index < -0.39 is 0 Å². The fraction of sp³-hybridized carbons (Fsp3) is 0.500.